The molecule has 0 aliphatic rings. The summed E-state index contributed by atoms with van der Waals surface area (Å²) in [5, 5.41) is 0.125. The van der Waals surface area contributed by atoms with Crippen LogP contribution in [0, 0.1) is 5.82 Å². The van der Waals surface area contributed by atoms with E-state index in [0.29, 0.717) is 13.0 Å². The zero-order chi connectivity index (χ0) is 14.5. The Kier molecular flexibility index (Phi) is 6.59. The van der Waals surface area contributed by atoms with Crippen molar-refractivity contribution < 1.29 is 9.18 Å². The molecule has 1 amide bonds. The zero-order valence-corrected chi connectivity index (χ0v) is 13.0. The van der Waals surface area contributed by atoms with E-state index in [0.717, 1.165) is 5.69 Å². The second-order valence-electron chi connectivity index (χ2n) is 4.39. The second kappa shape index (κ2) is 7.96. The molecule has 0 N–H and O–H groups in total. The van der Waals surface area contributed by atoms with Crippen LogP contribution in [-0.4, -0.2) is 29.4 Å². The summed E-state index contributed by atoms with van der Waals surface area (Å²) >= 11 is 5.89. The number of nitrogens with zero attached hydrogens (tertiary/aromatic N) is 2. The number of hydrogen-bond acceptors (Lipinski definition) is 2. The predicted octanol–water partition coefficient (Wildman–Crippen LogP) is 3.61. The topological polar surface area (TPSA) is 33.2 Å². The van der Waals surface area contributed by atoms with E-state index in [1.165, 1.54) is 23.1 Å². The van der Waals surface area contributed by atoms with Crippen LogP contribution < -0.4 is 0 Å². The molecule has 0 aliphatic carbocycles. The van der Waals surface area contributed by atoms with E-state index in [-0.39, 0.29) is 23.0 Å². The molecule has 6 heteroatoms. The number of carbonyl (C=O) groups is 1. The third-order valence-corrected chi connectivity index (χ3v) is 3.27. The number of halogens is 3. The maximum absolute atomic E-state index is 13.7. The average Bonchev–Trinajstić information content (AvgIpc) is 2.45. The SMILES string of the molecule is CN(CCc1ccccn1)C(=O)c1c(F)cccc1Cl.Cl. The Bertz CT molecular complexity index is 588. The van der Waals surface area contributed by atoms with Crippen molar-refractivity contribution in [1.29, 1.82) is 0 Å². The third-order valence-electron chi connectivity index (χ3n) is 2.95. The molecule has 3 nitrogen and oxygen atoms in total. The summed E-state index contributed by atoms with van der Waals surface area (Å²) < 4.78 is 13.7. The smallest absolute Gasteiger partial charge is 0.258 e. The van der Waals surface area contributed by atoms with Gasteiger partial charge >= 0.3 is 0 Å². The van der Waals surface area contributed by atoms with Crippen molar-refractivity contribution in [3.8, 4) is 0 Å². The molecule has 112 valence electrons. The van der Waals surface area contributed by atoms with Gasteiger partial charge in [-0.15, -0.1) is 12.4 Å². The fraction of sp³-hybridized carbons (Fsp3) is 0.200. The molecule has 0 saturated carbocycles. The standard InChI is InChI=1S/C15H14ClFN2O.ClH/c1-19(10-8-11-5-2-3-9-18-11)15(20)14-12(16)6-4-7-13(14)17;/h2-7,9H,8,10H2,1H3;1H. The molecule has 0 saturated heterocycles. The molecule has 0 atom stereocenters. The van der Waals surface area contributed by atoms with E-state index in [1.54, 1.807) is 13.2 Å². The molecule has 0 spiro atoms. The minimum atomic E-state index is -0.604. The van der Waals surface area contributed by atoms with Crippen molar-refractivity contribution in [2.24, 2.45) is 0 Å². The fourth-order valence-corrected chi connectivity index (χ4v) is 2.07. The molecule has 1 heterocycles. The van der Waals surface area contributed by atoms with Crippen LogP contribution >= 0.6 is 24.0 Å². The highest BCUT2D eigenvalue weighted by molar-refractivity contribution is 6.33. The number of rotatable bonds is 4. The third kappa shape index (κ3) is 4.41. The lowest BCUT2D eigenvalue weighted by molar-refractivity contribution is 0.0792. The van der Waals surface area contributed by atoms with E-state index in [2.05, 4.69) is 4.98 Å². The molecule has 0 fully saturated rings. The Morgan fingerprint density at radius 2 is 2.05 bits per heavy atom. The Hall–Kier alpha value is -1.65. The van der Waals surface area contributed by atoms with Crippen molar-refractivity contribution >= 4 is 29.9 Å². The highest BCUT2D eigenvalue weighted by Crippen LogP contribution is 2.20. The second-order valence-corrected chi connectivity index (χ2v) is 4.80. The van der Waals surface area contributed by atoms with Gasteiger partial charge in [-0.05, 0) is 24.3 Å². The first kappa shape index (κ1) is 17.4. The number of likely N-dealkylation sites (N-methyl/N-ethyl adjacent to an activating group) is 1. The molecule has 0 radical (unpaired) electrons. The van der Waals surface area contributed by atoms with Crippen molar-refractivity contribution in [3.05, 3.63) is 64.7 Å². The number of pyridine rings is 1. The van der Waals surface area contributed by atoms with Crippen LogP contribution in [0.2, 0.25) is 5.02 Å². The van der Waals surface area contributed by atoms with Gasteiger partial charge in [0.2, 0.25) is 0 Å². The number of carbonyl (C=O) groups excluding carboxylic acids is 1. The highest BCUT2D eigenvalue weighted by atomic mass is 35.5. The lowest BCUT2D eigenvalue weighted by Crippen LogP contribution is -2.30. The maximum atomic E-state index is 13.7. The monoisotopic (exact) mass is 328 g/mol. The van der Waals surface area contributed by atoms with Crippen molar-refractivity contribution in [1.82, 2.24) is 9.88 Å². The summed E-state index contributed by atoms with van der Waals surface area (Å²) in [7, 11) is 1.62. The molecule has 0 bridgehead atoms. The number of amides is 1. The quantitative estimate of drug-likeness (QED) is 0.858. The maximum Gasteiger partial charge on any atom is 0.258 e. The van der Waals surface area contributed by atoms with Gasteiger partial charge in [-0.3, -0.25) is 9.78 Å². The van der Waals surface area contributed by atoms with Crippen LogP contribution in [0.1, 0.15) is 16.1 Å². The van der Waals surface area contributed by atoms with Gasteiger partial charge in [0, 0.05) is 31.9 Å². The Morgan fingerprint density at radius 1 is 1.29 bits per heavy atom. The Balaban J connectivity index is 0.00000220. The van der Waals surface area contributed by atoms with Crippen LogP contribution in [0.5, 0.6) is 0 Å². The van der Waals surface area contributed by atoms with Crippen LogP contribution in [0.15, 0.2) is 42.6 Å². The molecule has 1 aromatic carbocycles. The number of benzene rings is 1. The Labute approximate surface area is 134 Å². The first-order valence-electron chi connectivity index (χ1n) is 6.19. The average molecular weight is 329 g/mol. The fourth-order valence-electron chi connectivity index (χ4n) is 1.82. The molecule has 1 aromatic heterocycles. The summed E-state index contributed by atoms with van der Waals surface area (Å²) in [5.74, 6) is -1.03. The van der Waals surface area contributed by atoms with E-state index >= 15 is 0 Å². The highest BCUT2D eigenvalue weighted by Gasteiger charge is 2.19. The van der Waals surface area contributed by atoms with Crippen LogP contribution in [-0.2, 0) is 6.42 Å². The first-order valence-corrected chi connectivity index (χ1v) is 6.57. The van der Waals surface area contributed by atoms with Gasteiger partial charge in [-0.2, -0.15) is 0 Å². The number of hydrogen-bond donors (Lipinski definition) is 0. The van der Waals surface area contributed by atoms with Crippen molar-refractivity contribution in [3.63, 3.8) is 0 Å². The molecule has 2 rings (SSSR count). The van der Waals surface area contributed by atoms with Gasteiger partial charge in [-0.25, -0.2) is 4.39 Å². The normalized spacial score (nSPS) is 9.86. The minimum Gasteiger partial charge on any atom is -0.341 e. The van der Waals surface area contributed by atoms with Crippen LogP contribution in [0.25, 0.3) is 0 Å². The van der Waals surface area contributed by atoms with Crippen LogP contribution in [0.4, 0.5) is 4.39 Å². The minimum absolute atomic E-state index is 0. The first-order chi connectivity index (χ1) is 9.59. The summed E-state index contributed by atoms with van der Waals surface area (Å²) in [4.78, 5) is 17.8. The van der Waals surface area contributed by atoms with E-state index < -0.39 is 11.7 Å². The predicted molar refractivity (Wildman–Crippen MR) is 83.6 cm³/mol. The van der Waals surface area contributed by atoms with Gasteiger partial charge in [0.1, 0.15) is 5.82 Å². The molecular weight excluding hydrogens is 314 g/mol. The van der Waals surface area contributed by atoms with Gasteiger partial charge in [0.15, 0.2) is 0 Å². The largest absolute Gasteiger partial charge is 0.341 e. The molecular formula is C15H15Cl2FN2O. The summed E-state index contributed by atoms with van der Waals surface area (Å²) in [6, 6.07) is 9.81. The summed E-state index contributed by atoms with van der Waals surface area (Å²) in [5.41, 5.74) is 0.796. The molecule has 0 unspecified atom stereocenters. The van der Waals surface area contributed by atoms with Gasteiger partial charge in [0.25, 0.3) is 5.91 Å². The number of aromatic nitrogens is 1. The lowest BCUT2D eigenvalue weighted by Gasteiger charge is -2.18. The van der Waals surface area contributed by atoms with Crippen molar-refractivity contribution in [2.45, 2.75) is 6.42 Å². The summed E-state index contributed by atoms with van der Waals surface area (Å²) in [6.07, 6.45) is 2.31. The Morgan fingerprint density at radius 3 is 2.67 bits per heavy atom. The molecule has 0 aliphatic heterocycles. The lowest BCUT2D eigenvalue weighted by atomic mass is 10.1. The van der Waals surface area contributed by atoms with Gasteiger partial charge in [0.05, 0.1) is 10.6 Å². The van der Waals surface area contributed by atoms with Gasteiger partial charge in [-0.1, -0.05) is 23.7 Å². The molecule has 21 heavy (non-hydrogen) atoms. The van der Waals surface area contributed by atoms with Gasteiger partial charge < -0.3 is 4.90 Å². The van der Waals surface area contributed by atoms with E-state index in [9.17, 15) is 9.18 Å². The van der Waals surface area contributed by atoms with E-state index in [1.807, 2.05) is 18.2 Å². The zero-order valence-electron chi connectivity index (χ0n) is 11.4. The van der Waals surface area contributed by atoms with Crippen molar-refractivity contribution in [2.75, 3.05) is 13.6 Å². The van der Waals surface area contributed by atoms with E-state index in [4.69, 9.17) is 11.6 Å². The summed E-state index contributed by atoms with van der Waals surface area (Å²) in [6.45, 7) is 0.445. The van der Waals surface area contributed by atoms with Crippen LogP contribution in [0.3, 0.4) is 0 Å². The molecule has 2 aromatic rings.